The van der Waals surface area contributed by atoms with Crippen LogP contribution in [0.25, 0.3) is 0 Å². The lowest BCUT2D eigenvalue weighted by atomic mass is 10.2. The molecule has 0 fully saturated rings. The predicted molar refractivity (Wildman–Crippen MR) is 94.7 cm³/mol. The van der Waals surface area contributed by atoms with Gasteiger partial charge in [0.05, 0.1) is 26.5 Å². The maximum Gasteiger partial charge on any atom is 0.293 e. The van der Waals surface area contributed by atoms with E-state index in [1.54, 1.807) is 36.5 Å². The van der Waals surface area contributed by atoms with E-state index in [2.05, 4.69) is 5.32 Å². The molecule has 1 amide bonds. The minimum absolute atomic E-state index is 0.136. The lowest BCUT2D eigenvalue weighted by Crippen LogP contribution is -2.28. The molecule has 0 unspecified atom stereocenters. The highest BCUT2D eigenvalue weighted by molar-refractivity contribution is 5.92. The van der Waals surface area contributed by atoms with E-state index in [0.717, 1.165) is 6.42 Å². The maximum atomic E-state index is 12.3. The Balaban J connectivity index is 2.14. The first-order chi connectivity index (χ1) is 12.1. The normalized spacial score (nSPS) is 10.2. The van der Waals surface area contributed by atoms with Gasteiger partial charge in [-0.3, -0.25) is 9.59 Å². The molecule has 25 heavy (non-hydrogen) atoms. The lowest BCUT2D eigenvalue weighted by molar-refractivity contribution is -0.116. The predicted octanol–water partition coefficient (Wildman–Crippen LogP) is 2.29. The molecule has 1 aromatic carbocycles. The fourth-order valence-corrected chi connectivity index (χ4v) is 2.22. The second-order valence-corrected chi connectivity index (χ2v) is 5.27. The molecule has 2 aromatic rings. The standard InChI is InChI=1S/C18H22N2O5/c1-4-10-25-16-6-5-9-20(18(16)22)12-17(21)19-14-11-13(23-2)7-8-15(14)24-3/h5-9,11H,4,10,12H2,1-3H3,(H,19,21). The Bertz CT molecular complexity index is 785. The fraction of sp³-hybridized carbons (Fsp3) is 0.333. The number of hydrogen-bond donors (Lipinski definition) is 1. The third-order valence-electron chi connectivity index (χ3n) is 3.44. The minimum atomic E-state index is -0.360. The van der Waals surface area contributed by atoms with E-state index in [0.29, 0.717) is 23.8 Å². The van der Waals surface area contributed by atoms with Gasteiger partial charge in [0.15, 0.2) is 5.75 Å². The number of anilines is 1. The van der Waals surface area contributed by atoms with Crippen LogP contribution in [0.15, 0.2) is 41.3 Å². The Morgan fingerprint density at radius 3 is 2.64 bits per heavy atom. The molecule has 1 aromatic heterocycles. The van der Waals surface area contributed by atoms with Gasteiger partial charge in [0, 0.05) is 12.3 Å². The van der Waals surface area contributed by atoms with Crippen molar-refractivity contribution in [3.05, 3.63) is 46.9 Å². The number of rotatable bonds is 8. The average Bonchev–Trinajstić information content (AvgIpc) is 2.62. The third-order valence-corrected chi connectivity index (χ3v) is 3.44. The van der Waals surface area contributed by atoms with Gasteiger partial charge in [0.1, 0.15) is 18.0 Å². The molecule has 1 heterocycles. The number of pyridine rings is 1. The van der Waals surface area contributed by atoms with E-state index in [9.17, 15) is 9.59 Å². The summed E-state index contributed by atoms with van der Waals surface area (Å²) >= 11 is 0. The van der Waals surface area contributed by atoms with Crippen molar-refractivity contribution < 1.29 is 19.0 Å². The van der Waals surface area contributed by atoms with E-state index in [1.807, 2.05) is 6.92 Å². The number of nitrogens with zero attached hydrogens (tertiary/aromatic N) is 1. The van der Waals surface area contributed by atoms with Crippen molar-refractivity contribution in [3.8, 4) is 17.2 Å². The molecule has 0 spiro atoms. The van der Waals surface area contributed by atoms with Crippen LogP contribution in [0.3, 0.4) is 0 Å². The van der Waals surface area contributed by atoms with Gasteiger partial charge in [-0.1, -0.05) is 6.92 Å². The number of carbonyl (C=O) groups is 1. The zero-order chi connectivity index (χ0) is 18.2. The summed E-state index contributed by atoms with van der Waals surface area (Å²) in [5.74, 6) is 0.960. The number of aromatic nitrogens is 1. The van der Waals surface area contributed by atoms with Crippen molar-refractivity contribution in [2.45, 2.75) is 19.9 Å². The number of benzene rings is 1. The van der Waals surface area contributed by atoms with Crippen LogP contribution in [0, 0.1) is 0 Å². The largest absolute Gasteiger partial charge is 0.497 e. The van der Waals surface area contributed by atoms with Gasteiger partial charge in [0.2, 0.25) is 5.91 Å². The number of carbonyl (C=O) groups excluding carboxylic acids is 1. The summed E-state index contributed by atoms with van der Waals surface area (Å²) in [7, 11) is 3.05. The zero-order valence-electron chi connectivity index (χ0n) is 14.6. The Morgan fingerprint density at radius 1 is 1.16 bits per heavy atom. The van der Waals surface area contributed by atoms with Gasteiger partial charge < -0.3 is 24.1 Å². The summed E-state index contributed by atoms with van der Waals surface area (Å²) < 4.78 is 17.1. The van der Waals surface area contributed by atoms with Crippen LogP contribution in [0.5, 0.6) is 17.2 Å². The summed E-state index contributed by atoms with van der Waals surface area (Å²) in [5.41, 5.74) is 0.127. The minimum Gasteiger partial charge on any atom is -0.497 e. The Labute approximate surface area is 146 Å². The second-order valence-electron chi connectivity index (χ2n) is 5.27. The molecule has 1 N–H and O–H groups in total. The molecule has 134 valence electrons. The van der Waals surface area contributed by atoms with Crippen molar-refractivity contribution >= 4 is 11.6 Å². The monoisotopic (exact) mass is 346 g/mol. The molecule has 0 bridgehead atoms. The molecular weight excluding hydrogens is 324 g/mol. The van der Waals surface area contributed by atoms with Crippen LogP contribution in [0.1, 0.15) is 13.3 Å². The number of methoxy groups -OCH3 is 2. The Hall–Kier alpha value is -2.96. The maximum absolute atomic E-state index is 12.3. The molecule has 0 radical (unpaired) electrons. The first-order valence-corrected chi connectivity index (χ1v) is 7.93. The molecule has 0 aliphatic heterocycles. The molecule has 0 aliphatic carbocycles. The van der Waals surface area contributed by atoms with E-state index in [1.165, 1.54) is 18.8 Å². The van der Waals surface area contributed by atoms with E-state index >= 15 is 0 Å². The van der Waals surface area contributed by atoms with E-state index in [-0.39, 0.29) is 23.8 Å². The van der Waals surface area contributed by atoms with Crippen LogP contribution in [0.4, 0.5) is 5.69 Å². The highest BCUT2D eigenvalue weighted by atomic mass is 16.5. The highest BCUT2D eigenvalue weighted by Gasteiger charge is 2.12. The van der Waals surface area contributed by atoms with Gasteiger partial charge in [-0.2, -0.15) is 0 Å². The van der Waals surface area contributed by atoms with Crippen molar-refractivity contribution in [3.63, 3.8) is 0 Å². The van der Waals surface area contributed by atoms with Crippen LogP contribution < -0.4 is 25.1 Å². The first-order valence-electron chi connectivity index (χ1n) is 7.93. The molecular formula is C18H22N2O5. The van der Waals surface area contributed by atoms with Crippen molar-refractivity contribution in [1.82, 2.24) is 4.57 Å². The smallest absolute Gasteiger partial charge is 0.293 e. The quantitative estimate of drug-likeness (QED) is 0.793. The summed E-state index contributed by atoms with van der Waals surface area (Å²) in [6.45, 7) is 2.27. The zero-order valence-corrected chi connectivity index (χ0v) is 14.6. The Morgan fingerprint density at radius 2 is 1.96 bits per heavy atom. The molecule has 0 atom stereocenters. The van der Waals surface area contributed by atoms with Crippen molar-refractivity contribution in [1.29, 1.82) is 0 Å². The van der Waals surface area contributed by atoms with Crippen molar-refractivity contribution in [2.24, 2.45) is 0 Å². The molecule has 7 heteroatoms. The van der Waals surface area contributed by atoms with Crippen LogP contribution in [-0.4, -0.2) is 31.3 Å². The second kappa shape index (κ2) is 8.77. The highest BCUT2D eigenvalue weighted by Crippen LogP contribution is 2.28. The number of amides is 1. The summed E-state index contributed by atoms with van der Waals surface area (Å²) in [4.78, 5) is 24.6. The number of nitrogens with one attached hydrogen (secondary N) is 1. The Kier molecular flexibility index (Phi) is 6.45. The van der Waals surface area contributed by atoms with E-state index < -0.39 is 0 Å². The summed E-state index contributed by atoms with van der Waals surface area (Å²) in [6.07, 6.45) is 2.34. The molecule has 2 rings (SSSR count). The van der Waals surface area contributed by atoms with Gasteiger partial charge in [0.25, 0.3) is 5.56 Å². The topological polar surface area (TPSA) is 78.8 Å². The molecule has 7 nitrogen and oxygen atoms in total. The lowest BCUT2D eigenvalue weighted by Gasteiger charge is -2.13. The average molecular weight is 346 g/mol. The SMILES string of the molecule is CCCOc1cccn(CC(=O)Nc2cc(OC)ccc2OC)c1=O. The first kappa shape index (κ1) is 18.4. The van der Waals surface area contributed by atoms with Gasteiger partial charge in [-0.25, -0.2) is 0 Å². The number of hydrogen-bond acceptors (Lipinski definition) is 5. The fourth-order valence-electron chi connectivity index (χ4n) is 2.22. The summed E-state index contributed by atoms with van der Waals surface area (Å²) in [6, 6.07) is 8.34. The van der Waals surface area contributed by atoms with Gasteiger partial charge >= 0.3 is 0 Å². The van der Waals surface area contributed by atoms with Gasteiger partial charge in [-0.05, 0) is 30.7 Å². The van der Waals surface area contributed by atoms with Crippen molar-refractivity contribution in [2.75, 3.05) is 26.1 Å². The molecule has 0 saturated heterocycles. The van der Waals surface area contributed by atoms with Gasteiger partial charge in [-0.15, -0.1) is 0 Å². The summed E-state index contributed by atoms with van der Waals surface area (Å²) in [5, 5.41) is 2.73. The number of ether oxygens (including phenoxy) is 3. The van der Waals surface area contributed by atoms with Crippen LogP contribution in [0.2, 0.25) is 0 Å². The van der Waals surface area contributed by atoms with Crippen LogP contribution in [-0.2, 0) is 11.3 Å². The van der Waals surface area contributed by atoms with Crippen LogP contribution >= 0.6 is 0 Å². The molecule has 0 aliphatic rings. The third kappa shape index (κ3) is 4.76. The molecule has 0 saturated carbocycles. The van der Waals surface area contributed by atoms with E-state index in [4.69, 9.17) is 14.2 Å².